The van der Waals surface area contributed by atoms with Gasteiger partial charge in [0, 0.05) is 21.9 Å². The minimum atomic E-state index is -4.25. The van der Waals surface area contributed by atoms with Gasteiger partial charge >= 0.3 is 0 Å². The molecule has 11 heteroatoms. The molecule has 2 aromatic carbocycles. The van der Waals surface area contributed by atoms with Crippen LogP contribution in [0.5, 0.6) is 0 Å². The molecule has 0 spiro atoms. The summed E-state index contributed by atoms with van der Waals surface area (Å²) in [5, 5.41) is 11.8. The van der Waals surface area contributed by atoms with E-state index in [1.807, 2.05) is 33.4 Å². The fourth-order valence-corrected chi connectivity index (χ4v) is 4.89. The minimum absolute atomic E-state index is 0.112. The van der Waals surface area contributed by atoms with Gasteiger partial charge in [-0.25, -0.2) is 22.2 Å². The van der Waals surface area contributed by atoms with Crippen molar-refractivity contribution in [3.05, 3.63) is 80.6 Å². The van der Waals surface area contributed by atoms with Gasteiger partial charge in [0.2, 0.25) is 0 Å². The summed E-state index contributed by atoms with van der Waals surface area (Å²) in [6.07, 6.45) is 1.60. The van der Waals surface area contributed by atoms with Gasteiger partial charge in [-0.1, -0.05) is 0 Å². The molecule has 1 aromatic heterocycles. The van der Waals surface area contributed by atoms with Crippen molar-refractivity contribution >= 4 is 49.9 Å². The van der Waals surface area contributed by atoms with Crippen molar-refractivity contribution in [2.24, 2.45) is 0 Å². The van der Waals surface area contributed by atoms with E-state index < -0.39 is 44.6 Å². The van der Waals surface area contributed by atoms with Crippen LogP contribution in [0.4, 0.5) is 20.3 Å². The summed E-state index contributed by atoms with van der Waals surface area (Å²) in [5.41, 5.74) is -0.627. The molecule has 0 amide bonds. The van der Waals surface area contributed by atoms with Crippen LogP contribution in [-0.2, 0) is 10.0 Å². The number of halogens is 3. The van der Waals surface area contributed by atoms with Crippen LogP contribution in [0.25, 0.3) is 0 Å². The second kappa shape index (κ2) is 8.44. The Labute approximate surface area is 195 Å². The van der Waals surface area contributed by atoms with E-state index in [4.69, 9.17) is 5.26 Å². The number of hydrogen-bond donors (Lipinski definition) is 2. The number of nitrogens with zero attached hydrogens (tertiary/aromatic N) is 2. The van der Waals surface area contributed by atoms with Gasteiger partial charge in [0.1, 0.15) is 11.6 Å². The Bertz CT molecular complexity index is 1390. The predicted molar refractivity (Wildman–Crippen MR) is 121 cm³/mol. The lowest BCUT2D eigenvalue weighted by atomic mass is 9.92. The average Bonchev–Trinajstić information content (AvgIpc) is 3.18. The third-order valence-corrected chi connectivity index (χ3v) is 6.90. The fourth-order valence-electron chi connectivity index (χ4n) is 3.35. The highest BCUT2D eigenvalue weighted by atomic mass is 127. The van der Waals surface area contributed by atoms with Gasteiger partial charge in [0.25, 0.3) is 10.0 Å². The summed E-state index contributed by atoms with van der Waals surface area (Å²) in [6.45, 7) is 0.112. The quantitative estimate of drug-likeness (QED) is 0.357. The number of ketones is 1. The molecule has 0 saturated heterocycles. The molecule has 4 rings (SSSR count). The molecule has 1 atom stereocenters. The highest BCUT2D eigenvalue weighted by Crippen LogP contribution is 2.35. The van der Waals surface area contributed by atoms with Crippen molar-refractivity contribution in [3.8, 4) is 6.07 Å². The molecule has 32 heavy (non-hydrogen) atoms. The predicted octanol–water partition coefficient (Wildman–Crippen LogP) is 4.03. The molecule has 162 valence electrons. The number of carbonyl (C=O) groups is 1. The summed E-state index contributed by atoms with van der Waals surface area (Å²) in [5.74, 6) is -3.64. The lowest BCUT2D eigenvalue weighted by Gasteiger charge is -2.14. The zero-order chi connectivity index (χ0) is 23.0. The Hall–Kier alpha value is -3.11. The highest BCUT2D eigenvalue weighted by molar-refractivity contribution is 14.1. The Balaban J connectivity index is 1.69. The average molecular weight is 566 g/mol. The van der Waals surface area contributed by atoms with Gasteiger partial charge in [-0.05, 0) is 65.1 Å². The second-order valence-electron chi connectivity index (χ2n) is 6.91. The number of sulfonamides is 1. The van der Waals surface area contributed by atoms with E-state index in [1.165, 1.54) is 24.3 Å². The molecule has 7 nitrogen and oxygen atoms in total. The second-order valence-corrected chi connectivity index (χ2v) is 9.84. The fraction of sp³-hybridized carbons (Fsp3) is 0.0952. The van der Waals surface area contributed by atoms with E-state index in [9.17, 15) is 17.6 Å². The molecule has 1 aliphatic rings. The zero-order valence-electron chi connectivity index (χ0n) is 16.1. The van der Waals surface area contributed by atoms with Crippen LogP contribution in [0.2, 0.25) is 0 Å². The normalized spacial score (nSPS) is 14.9. The molecule has 0 radical (unpaired) electrons. The molecular formula is C21H13F2IN4O3S. The van der Waals surface area contributed by atoms with Crippen LogP contribution < -0.4 is 10.0 Å². The van der Waals surface area contributed by atoms with Crippen molar-refractivity contribution < 1.29 is 22.0 Å². The third kappa shape index (κ3) is 4.03. The van der Waals surface area contributed by atoms with Crippen molar-refractivity contribution in [1.82, 2.24) is 4.98 Å². The van der Waals surface area contributed by atoms with E-state index >= 15 is 4.39 Å². The monoisotopic (exact) mass is 566 g/mol. The molecule has 1 unspecified atom stereocenters. The molecule has 3 aromatic rings. The molecule has 0 aliphatic carbocycles. The Morgan fingerprint density at radius 3 is 2.62 bits per heavy atom. The van der Waals surface area contributed by atoms with E-state index in [0.717, 1.165) is 15.7 Å². The summed E-state index contributed by atoms with van der Waals surface area (Å²) in [7, 11) is -4.25. The number of fused-ring (bicyclic) bond motifs is 1. The molecule has 2 heterocycles. The van der Waals surface area contributed by atoms with Gasteiger partial charge in [-0.15, -0.1) is 0 Å². The number of anilines is 2. The number of pyridine rings is 1. The number of Topliss-reactive ketones (excluding diaryl/α,β-unsaturated/α-hetero) is 1. The lowest BCUT2D eigenvalue weighted by Crippen LogP contribution is -2.20. The topological polar surface area (TPSA) is 112 Å². The van der Waals surface area contributed by atoms with Crippen LogP contribution in [0.3, 0.4) is 0 Å². The molecule has 0 saturated carbocycles. The zero-order valence-corrected chi connectivity index (χ0v) is 19.0. The van der Waals surface area contributed by atoms with Gasteiger partial charge in [0.15, 0.2) is 11.6 Å². The molecule has 0 fully saturated rings. The maximum absolute atomic E-state index is 15.2. The molecule has 2 N–H and O–H groups in total. The maximum Gasteiger partial charge on any atom is 0.261 e. The number of carbonyl (C=O) groups excluding carboxylic acids is 1. The van der Waals surface area contributed by atoms with E-state index in [-0.39, 0.29) is 17.0 Å². The first-order chi connectivity index (χ1) is 15.2. The number of nitrogens with one attached hydrogen (secondary N) is 2. The van der Waals surface area contributed by atoms with Crippen molar-refractivity contribution in [1.29, 1.82) is 5.26 Å². The molecular weight excluding hydrogens is 553 g/mol. The first-order valence-electron chi connectivity index (χ1n) is 9.16. The van der Waals surface area contributed by atoms with Crippen LogP contribution in [0.1, 0.15) is 27.4 Å². The number of rotatable bonds is 5. The number of hydrogen-bond acceptors (Lipinski definition) is 6. The van der Waals surface area contributed by atoms with Crippen LogP contribution in [-0.4, -0.2) is 25.7 Å². The minimum Gasteiger partial charge on any atom is -0.369 e. The van der Waals surface area contributed by atoms with Gasteiger partial charge < -0.3 is 5.32 Å². The smallest absolute Gasteiger partial charge is 0.261 e. The van der Waals surface area contributed by atoms with Gasteiger partial charge in [0.05, 0.1) is 33.7 Å². The summed E-state index contributed by atoms with van der Waals surface area (Å²) >= 11 is 2.02. The van der Waals surface area contributed by atoms with E-state index in [2.05, 4.69) is 10.3 Å². The first-order valence-corrected chi connectivity index (χ1v) is 11.7. The van der Waals surface area contributed by atoms with Crippen LogP contribution in [0, 0.1) is 26.5 Å². The summed E-state index contributed by atoms with van der Waals surface area (Å²) in [4.78, 5) is 17.0. The van der Waals surface area contributed by atoms with E-state index in [0.29, 0.717) is 11.4 Å². The van der Waals surface area contributed by atoms with Crippen molar-refractivity contribution in [2.45, 2.75) is 10.8 Å². The highest BCUT2D eigenvalue weighted by Gasteiger charge is 2.34. The summed E-state index contributed by atoms with van der Waals surface area (Å²) in [6, 6.07) is 10.3. The first kappa shape index (κ1) is 22.1. The standard InChI is InChI=1S/C21H13F2IN4O3S/c22-16-5-6-17(28-32(30,31)13-3-1-11(8-25)2-4-13)19(23)18(16)20(29)15-10-27-21-14(15)7-12(24)9-26-21/h1-7,9,15,28H,10H2,(H,26,27). The van der Waals surface area contributed by atoms with Crippen molar-refractivity contribution in [3.63, 3.8) is 0 Å². The number of nitriles is 1. The van der Waals surface area contributed by atoms with Crippen molar-refractivity contribution in [2.75, 3.05) is 16.6 Å². The lowest BCUT2D eigenvalue weighted by molar-refractivity contribution is 0.0958. The molecule has 0 bridgehead atoms. The van der Waals surface area contributed by atoms with Crippen LogP contribution >= 0.6 is 22.6 Å². The maximum atomic E-state index is 15.2. The van der Waals surface area contributed by atoms with Gasteiger partial charge in [-0.3, -0.25) is 9.52 Å². The van der Waals surface area contributed by atoms with Crippen LogP contribution in [0.15, 0.2) is 53.6 Å². The molecule has 1 aliphatic heterocycles. The largest absolute Gasteiger partial charge is 0.369 e. The summed E-state index contributed by atoms with van der Waals surface area (Å²) < 4.78 is 57.8. The number of aromatic nitrogens is 1. The van der Waals surface area contributed by atoms with Gasteiger partial charge in [-0.2, -0.15) is 5.26 Å². The third-order valence-electron chi connectivity index (χ3n) is 4.92. The SMILES string of the molecule is N#Cc1ccc(S(=O)(=O)Nc2ccc(F)c(C(=O)C3CNc4ncc(I)cc43)c2F)cc1. The number of benzene rings is 2. The van der Waals surface area contributed by atoms with E-state index in [1.54, 1.807) is 12.3 Å². The Morgan fingerprint density at radius 1 is 1.22 bits per heavy atom. The Morgan fingerprint density at radius 2 is 1.94 bits per heavy atom. The Kier molecular flexibility index (Phi) is 5.83.